The topological polar surface area (TPSA) is 84.2 Å². The van der Waals surface area contributed by atoms with Crippen molar-refractivity contribution in [3.63, 3.8) is 0 Å². The van der Waals surface area contributed by atoms with Crippen molar-refractivity contribution in [3.8, 4) is 0 Å². The van der Waals surface area contributed by atoms with Crippen LogP contribution in [0.2, 0.25) is 0 Å². The molecule has 0 saturated carbocycles. The highest BCUT2D eigenvalue weighted by molar-refractivity contribution is 6.03. The first kappa shape index (κ1) is 12.8. The van der Waals surface area contributed by atoms with Gasteiger partial charge in [-0.05, 0) is 24.6 Å². The number of hydrogen-bond acceptors (Lipinski definition) is 3. The van der Waals surface area contributed by atoms with Crippen LogP contribution in [0.15, 0.2) is 36.7 Å². The number of aromatic nitrogens is 2. The third kappa shape index (κ3) is 3.41. The first-order valence-corrected chi connectivity index (χ1v) is 5.67. The zero-order chi connectivity index (χ0) is 13.8. The molecule has 2 rings (SSSR count). The van der Waals surface area contributed by atoms with Gasteiger partial charge in [-0.15, -0.1) is 0 Å². The standard InChI is InChI=1S/C13H13N3O3/c1-9-3-2-4-11(5-9)15-13(19)10-6-14-16(7-10)8-12(17)18/h2-7H,8H2,1H3,(H,15,19)(H,17,18). The van der Waals surface area contributed by atoms with Crippen LogP contribution in [0.5, 0.6) is 0 Å². The molecular formula is C13H13N3O3. The highest BCUT2D eigenvalue weighted by Crippen LogP contribution is 2.11. The van der Waals surface area contributed by atoms with E-state index in [2.05, 4.69) is 10.4 Å². The summed E-state index contributed by atoms with van der Waals surface area (Å²) in [6.07, 6.45) is 2.74. The van der Waals surface area contributed by atoms with Gasteiger partial charge in [0, 0.05) is 11.9 Å². The van der Waals surface area contributed by atoms with Gasteiger partial charge in [0.25, 0.3) is 5.91 Å². The summed E-state index contributed by atoms with van der Waals surface area (Å²) >= 11 is 0. The van der Waals surface area contributed by atoms with Crippen molar-refractivity contribution in [1.82, 2.24) is 9.78 Å². The molecule has 0 spiro atoms. The number of carboxylic acid groups (broad SMARTS) is 1. The Labute approximate surface area is 109 Å². The minimum Gasteiger partial charge on any atom is -0.480 e. The van der Waals surface area contributed by atoms with Gasteiger partial charge in [-0.2, -0.15) is 5.10 Å². The molecule has 6 heteroatoms. The number of benzene rings is 1. The second-order valence-corrected chi connectivity index (χ2v) is 4.14. The Bertz CT molecular complexity index is 619. The molecule has 0 radical (unpaired) electrons. The van der Waals surface area contributed by atoms with E-state index in [-0.39, 0.29) is 12.5 Å². The fourth-order valence-electron chi connectivity index (χ4n) is 1.63. The van der Waals surface area contributed by atoms with Gasteiger partial charge in [-0.25, -0.2) is 0 Å². The van der Waals surface area contributed by atoms with E-state index in [0.29, 0.717) is 11.3 Å². The minimum absolute atomic E-state index is 0.266. The lowest BCUT2D eigenvalue weighted by Gasteiger charge is -2.03. The third-order valence-electron chi connectivity index (χ3n) is 2.47. The van der Waals surface area contributed by atoms with E-state index < -0.39 is 5.97 Å². The quantitative estimate of drug-likeness (QED) is 0.872. The van der Waals surface area contributed by atoms with E-state index in [0.717, 1.165) is 5.56 Å². The number of anilines is 1. The molecule has 2 N–H and O–H groups in total. The summed E-state index contributed by atoms with van der Waals surface area (Å²) in [4.78, 5) is 22.4. The van der Waals surface area contributed by atoms with E-state index in [1.807, 2.05) is 25.1 Å². The lowest BCUT2D eigenvalue weighted by molar-refractivity contribution is -0.137. The van der Waals surface area contributed by atoms with Gasteiger partial charge in [0.2, 0.25) is 0 Å². The summed E-state index contributed by atoms with van der Waals surface area (Å²) in [5, 5.41) is 15.2. The molecule has 0 bridgehead atoms. The van der Waals surface area contributed by atoms with E-state index in [1.165, 1.54) is 17.1 Å². The molecule has 0 aliphatic carbocycles. The molecule has 1 amide bonds. The smallest absolute Gasteiger partial charge is 0.325 e. The van der Waals surface area contributed by atoms with E-state index in [9.17, 15) is 9.59 Å². The molecule has 0 saturated heterocycles. The molecule has 1 aromatic heterocycles. The minimum atomic E-state index is -1.01. The van der Waals surface area contributed by atoms with E-state index in [4.69, 9.17) is 5.11 Å². The summed E-state index contributed by atoms with van der Waals surface area (Å²) in [6, 6.07) is 7.41. The maximum absolute atomic E-state index is 11.9. The van der Waals surface area contributed by atoms with Crippen molar-refractivity contribution in [1.29, 1.82) is 0 Å². The van der Waals surface area contributed by atoms with Crippen LogP contribution in [-0.4, -0.2) is 26.8 Å². The van der Waals surface area contributed by atoms with Crippen LogP contribution >= 0.6 is 0 Å². The summed E-state index contributed by atoms with van der Waals surface area (Å²) in [5.74, 6) is -1.32. The molecular weight excluding hydrogens is 246 g/mol. The normalized spacial score (nSPS) is 10.2. The second-order valence-electron chi connectivity index (χ2n) is 4.14. The number of carbonyl (C=O) groups is 2. The molecule has 2 aromatic rings. The van der Waals surface area contributed by atoms with Crippen molar-refractivity contribution in [2.75, 3.05) is 5.32 Å². The number of nitrogens with zero attached hydrogens (tertiary/aromatic N) is 2. The van der Waals surface area contributed by atoms with Crippen LogP contribution in [0.1, 0.15) is 15.9 Å². The Kier molecular flexibility index (Phi) is 3.61. The van der Waals surface area contributed by atoms with Gasteiger partial charge < -0.3 is 10.4 Å². The predicted molar refractivity (Wildman–Crippen MR) is 69.0 cm³/mol. The van der Waals surface area contributed by atoms with Crippen molar-refractivity contribution >= 4 is 17.6 Å². The largest absolute Gasteiger partial charge is 0.480 e. The first-order chi connectivity index (χ1) is 9.04. The molecule has 0 atom stereocenters. The summed E-state index contributed by atoms with van der Waals surface area (Å²) in [5.41, 5.74) is 2.05. The number of aryl methyl sites for hydroxylation is 1. The SMILES string of the molecule is Cc1cccc(NC(=O)c2cnn(CC(=O)O)c2)c1. The molecule has 1 aromatic carbocycles. The Balaban J connectivity index is 2.07. The molecule has 98 valence electrons. The molecule has 0 aliphatic heterocycles. The van der Waals surface area contributed by atoms with E-state index in [1.54, 1.807) is 6.07 Å². The second kappa shape index (κ2) is 5.34. The average molecular weight is 259 g/mol. The number of aliphatic carboxylic acids is 1. The van der Waals surface area contributed by atoms with Crippen LogP contribution in [0.25, 0.3) is 0 Å². The summed E-state index contributed by atoms with van der Waals surface area (Å²) < 4.78 is 1.20. The first-order valence-electron chi connectivity index (χ1n) is 5.67. The van der Waals surface area contributed by atoms with Crippen LogP contribution in [-0.2, 0) is 11.3 Å². The van der Waals surface area contributed by atoms with Crippen molar-refractivity contribution in [3.05, 3.63) is 47.8 Å². The molecule has 0 aliphatic rings. The van der Waals surface area contributed by atoms with Gasteiger partial charge in [0.05, 0.1) is 11.8 Å². The number of carbonyl (C=O) groups excluding carboxylic acids is 1. The van der Waals surface area contributed by atoms with Gasteiger partial charge in [-0.3, -0.25) is 14.3 Å². The number of hydrogen-bond donors (Lipinski definition) is 2. The van der Waals surface area contributed by atoms with Gasteiger partial charge in [0.15, 0.2) is 0 Å². The van der Waals surface area contributed by atoms with Crippen molar-refractivity contribution in [2.24, 2.45) is 0 Å². The molecule has 6 nitrogen and oxygen atoms in total. The summed E-state index contributed by atoms with van der Waals surface area (Å²) in [6.45, 7) is 1.66. The number of carboxylic acids is 1. The Morgan fingerprint density at radius 1 is 1.42 bits per heavy atom. The van der Waals surface area contributed by atoms with Gasteiger partial charge in [0.1, 0.15) is 6.54 Å². The van der Waals surface area contributed by atoms with Crippen LogP contribution in [0, 0.1) is 6.92 Å². The lowest BCUT2D eigenvalue weighted by atomic mass is 10.2. The zero-order valence-electron chi connectivity index (χ0n) is 10.3. The Hall–Kier alpha value is -2.63. The summed E-state index contributed by atoms with van der Waals surface area (Å²) in [7, 11) is 0. The van der Waals surface area contributed by atoms with Crippen LogP contribution < -0.4 is 5.32 Å². The van der Waals surface area contributed by atoms with Gasteiger partial charge >= 0.3 is 5.97 Å². The highest BCUT2D eigenvalue weighted by atomic mass is 16.4. The van der Waals surface area contributed by atoms with Crippen LogP contribution in [0.4, 0.5) is 5.69 Å². The zero-order valence-corrected chi connectivity index (χ0v) is 10.3. The van der Waals surface area contributed by atoms with Crippen molar-refractivity contribution < 1.29 is 14.7 Å². The third-order valence-corrected chi connectivity index (χ3v) is 2.47. The monoisotopic (exact) mass is 259 g/mol. The number of nitrogens with one attached hydrogen (secondary N) is 1. The fourth-order valence-corrected chi connectivity index (χ4v) is 1.63. The lowest BCUT2D eigenvalue weighted by Crippen LogP contribution is -2.12. The predicted octanol–water partition coefficient (Wildman–Crippen LogP) is 1.53. The maximum Gasteiger partial charge on any atom is 0.325 e. The van der Waals surface area contributed by atoms with Gasteiger partial charge in [-0.1, -0.05) is 12.1 Å². The van der Waals surface area contributed by atoms with Crippen molar-refractivity contribution in [2.45, 2.75) is 13.5 Å². The molecule has 19 heavy (non-hydrogen) atoms. The molecule has 1 heterocycles. The Morgan fingerprint density at radius 2 is 2.21 bits per heavy atom. The average Bonchev–Trinajstić information content (AvgIpc) is 2.76. The maximum atomic E-state index is 11.9. The highest BCUT2D eigenvalue weighted by Gasteiger charge is 2.10. The van der Waals surface area contributed by atoms with Crippen LogP contribution in [0.3, 0.4) is 0 Å². The molecule has 0 unspecified atom stereocenters. The Morgan fingerprint density at radius 3 is 2.89 bits per heavy atom. The van der Waals surface area contributed by atoms with E-state index >= 15 is 0 Å². The fraction of sp³-hybridized carbons (Fsp3) is 0.154. The number of rotatable bonds is 4. The number of amides is 1. The molecule has 0 fully saturated rings.